The number of hydrogen-bond donors (Lipinski definition) is 16. The number of amides is 14. The minimum Gasteiger partial charge on any atom is -0.480 e. The number of nitrogens with one attached hydrogen (secondary N) is 8. The van der Waals surface area contributed by atoms with Crippen molar-refractivity contribution in [3.63, 3.8) is 0 Å². The average Bonchev–Trinajstić information content (AvgIpc) is 3.82. The van der Waals surface area contributed by atoms with Crippen molar-refractivity contribution in [1.29, 1.82) is 0 Å². The fraction of sp³-hybridized carbons (Fsp3) is 0.674. The molecule has 0 aliphatic carbocycles. The van der Waals surface area contributed by atoms with E-state index in [1.165, 1.54) is 20.8 Å². The van der Waals surface area contributed by atoms with Gasteiger partial charge in [-0.3, -0.25) is 67.1 Å². The third-order valence-electron chi connectivity index (χ3n) is 11.9. The molecule has 0 aromatic rings. The Kier molecular flexibility index (Phi) is 28.9. The average molecular weight is 1110 g/mol. The number of hydrogen-bond acceptors (Lipinski definition) is 17. The van der Waals surface area contributed by atoms with E-state index in [0.717, 1.165) is 4.90 Å². The maximum absolute atomic E-state index is 14.0. The zero-order valence-corrected chi connectivity index (χ0v) is 44.4. The highest BCUT2D eigenvalue weighted by molar-refractivity contribution is 6.01. The first-order valence-corrected chi connectivity index (χ1v) is 25.1. The number of aliphatic carboxylic acids is 1. The van der Waals surface area contributed by atoms with Crippen LogP contribution in [0.4, 0.5) is 0 Å². The number of carbonyl (C=O) groups excluding carboxylic acids is 14. The van der Waals surface area contributed by atoms with Gasteiger partial charge in [0.1, 0.15) is 54.4 Å². The minimum absolute atomic E-state index is 0.0300. The third-order valence-corrected chi connectivity index (χ3v) is 11.9. The molecule has 0 aromatic heterocycles. The Balaban J connectivity index is 3.45. The van der Waals surface area contributed by atoms with Gasteiger partial charge >= 0.3 is 5.97 Å². The number of nitrogens with two attached hydrogens (primary N) is 7. The molecule has 1 saturated heterocycles. The van der Waals surface area contributed by atoms with E-state index >= 15 is 0 Å². The highest BCUT2D eigenvalue weighted by Gasteiger charge is 2.40. The lowest BCUT2D eigenvalue weighted by Gasteiger charge is -2.29. The van der Waals surface area contributed by atoms with E-state index in [1.807, 2.05) is 0 Å². The summed E-state index contributed by atoms with van der Waals surface area (Å²) in [5, 5.41) is 28.1. The molecule has 1 fully saturated rings. The second-order valence-corrected chi connectivity index (χ2v) is 19.6. The Morgan fingerprint density at radius 3 is 1.38 bits per heavy atom. The zero-order valence-electron chi connectivity index (χ0n) is 44.4. The summed E-state index contributed by atoms with van der Waals surface area (Å²) in [6.07, 6.45) is -3.71. The van der Waals surface area contributed by atoms with Gasteiger partial charge in [-0.25, -0.2) is 4.79 Å². The van der Waals surface area contributed by atoms with E-state index in [0.29, 0.717) is 6.42 Å². The number of likely N-dealkylation sites (tertiary alicyclic amines) is 1. The number of primary amides is 5. The predicted molar refractivity (Wildman–Crippen MR) is 272 cm³/mol. The summed E-state index contributed by atoms with van der Waals surface area (Å²) >= 11 is 0. The molecule has 0 unspecified atom stereocenters. The summed E-state index contributed by atoms with van der Waals surface area (Å²) in [6, 6.07) is -15.6. The molecule has 1 aliphatic heterocycles. The van der Waals surface area contributed by atoms with Crippen LogP contribution in [0.25, 0.3) is 0 Å². The lowest BCUT2D eigenvalue weighted by Crippen LogP contribution is -2.61. The molecule has 438 valence electrons. The smallest absolute Gasteiger partial charge is 0.326 e. The first-order valence-electron chi connectivity index (χ1n) is 25.1. The number of rotatable bonds is 36. The molecule has 32 heteroatoms. The minimum atomic E-state index is -1.94. The molecule has 32 nitrogen and oxygen atoms in total. The van der Waals surface area contributed by atoms with Crippen LogP contribution in [-0.4, -0.2) is 172 Å². The summed E-state index contributed by atoms with van der Waals surface area (Å²) in [5.74, 6) is -16.9. The molecule has 1 aliphatic rings. The third kappa shape index (κ3) is 24.3. The van der Waals surface area contributed by atoms with Crippen LogP contribution < -0.4 is 82.7 Å². The number of unbranched alkanes of at least 4 members (excludes halogenated alkanes) is 1. The lowest BCUT2D eigenvalue weighted by atomic mass is 10.0. The molecule has 0 radical (unpaired) electrons. The van der Waals surface area contributed by atoms with Crippen molar-refractivity contribution in [2.24, 2.45) is 52.0 Å². The van der Waals surface area contributed by atoms with Gasteiger partial charge in [0.25, 0.3) is 0 Å². The van der Waals surface area contributed by atoms with Gasteiger partial charge < -0.3 is 92.7 Å². The Labute approximate surface area is 449 Å². The Hall–Kier alpha value is -8.03. The largest absolute Gasteiger partial charge is 0.480 e. The van der Waals surface area contributed by atoms with Gasteiger partial charge in [-0.1, -0.05) is 27.7 Å². The highest BCUT2D eigenvalue weighted by atomic mass is 16.4. The molecule has 1 heterocycles. The topological polar surface area (TPSA) is 558 Å². The van der Waals surface area contributed by atoms with Crippen LogP contribution in [0.3, 0.4) is 0 Å². The fourth-order valence-electron chi connectivity index (χ4n) is 7.87. The van der Waals surface area contributed by atoms with Crippen LogP contribution in [0.5, 0.6) is 0 Å². The fourth-order valence-corrected chi connectivity index (χ4v) is 7.87. The molecule has 23 N–H and O–H groups in total. The molecule has 0 spiro atoms. The van der Waals surface area contributed by atoms with Crippen molar-refractivity contribution < 1.29 is 77.0 Å². The van der Waals surface area contributed by atoms with Crippen molar-refractivity contribution in [2.75, 3.05) is 13.1 Å². The van der Waals surface area contributed by atoms with Crippen LogP contribution >= 0.6 is 0 Å². The molecular formula is C46H78N16O16. The maximum atomic E-state index is 14.0. The van der Waals surface area contributed by atoms with Crippen LogP contribution in [0, 0.1) is 11.8 Å². The van der Waals surface area contributed by atoms with Crippen molar-refractivity contribution in [3.05, 3.63) is 0 Å². The van der Waals surface area contributed by atoms with Gasteiger partial charge in [0, 0.05) is 13.0 Å². The van der Waals surface area contributed by atoms with Crippen molar-refractivity contribution in [3.8, 4) is 0 Å². The summed E-state index contributed by atoms with van der Waals surface area (Å²) in [7, 11) is 0. The molecule has 78 heavy (non-hydrogen) atoms. The quantitative estimate of drug-likeness (QED) is 0.0259. The standard InChI is InChI=1S/C46H78N16O16/c1-20(2)15-29(46(77)78)60-37(68)22(5)54-44(75)36(21(3)4)61-42(73)28(19-35(53)67)58-38(69)24(9-6-7-13-47)55-40(71)26(17-33(51)65)57-39(70)25(11-12-31(49)63)56-41(72)27(18-34(52)66)59-43(74)30-10-8-14-62(30)45(76)23(48)16-32(50)64/h20-30,36H,6-19,47-48H2,1-5H3,(H2,49,63)(H2,50,64)(H2,51,65)(H2,52,66)(H2,53,67)(H,54,75)(H,55,71)(H,56,72)(H,57,70)(H,58,69)(H,59,74)(H,60,68)(H,61,73)(H,77,78)/t22-,23-,24-,25-,26-,27-,28-,29-,30-,36-/m0/s1. The molecule has 10 atom stereocenters. The van der Waals surface area contributed by atoms with Crippen molar-refractivity contribution in [2.45, 2.75) is 172 Å². The van der Waals surface area contributed by atoms with E-state index in [-0.39, 0.29) is 51.1 Å². The number of carboxylic acid groups (broad SMARTS) is 1. The first kappa shape index (κ1) is 68.0. The zero-order chi connectivity index (χ0) is 59.7. The normalized spacial score (nSPS) is 16.5. The summed E-state index contributed by atoms with van der Waals surface area (Å²) < 4.78 is 0. The van der Waals surface area contributed by atoms with Crippen LogP contribution in [0.1, 0.15) is 112 Å². The molecule has 14 amide bonds. The number of carboxylic acids is 1. The van der Waals surface area contributed by atoms with Gasteiger partial charge in [0.05, 0.1) is 31.7 Å². The lowest BCUT2D eigenvalue weighted by molar-refractivity contribution is -0.142. The Morgan fingerprint density at radius 1 is 0.513 bits per heavy atom. The van der Waals surface area contributed by atoms with Crippen LogP contribution in [-0.2, 0) is 71.9 Å². The number of nitrogens with zero attached hydrogens (tertiary/aromatic N) is 1. The van der Waals surface area contributed by atoms with Gasteiger partial charge in [0.15, 0.2) is 0 Å². The second-order valence-electron chi connectivity index (χ2n) is 19.6. The van der Waals surface area contributed by atoms with E-state index in [4.69, 9.17) is 40.1 Å². The molecule has 0 aromatic carbocycles. The molecule has 0 bridgehead atoms. The Bertz CT molecular complexity index is 2230. The molecule has 0 saturated carbocycles. The van der Waals surface area contributed by atoms with Crippen LogP contribution in [0.2, 0.25) is 0 Å². The predicted octanol–water partition coefficient (Wildman–Crippen LogP) is -8.11. The monoisotopic (exact) mass is 1110 g/mol. The van der Waals surface area contributed by atoms with Gasteiger partial charge in [-0.2, -0.15) is 0 Å². The van der Waals surface area contributed by atoms with Crippen molar-refractivity contribution in [1.82, 2.24) is 47.4 Å². The maximum Gasteiger partial charge on any atom is 0.326 e. The highest BCUT2D eigenvalue weighted by Crippen LogP contribution is 2.20. The van der Waals surface area contributed by atoms with Gasteiger partial charge in [-0.15, -0.1) is 0 Å². The number of carbonyl (C=O) groups is 15. The van der Waals surface area contributed by atoms with E-state index in [1.54, 1.807) is 13.8 Å². The van der Waals surface area contributed by atoms with E-state index in [2.05, 4.69) is 42.5 Å². The molecule has 1 rings (SSSR count). The Morgan fingerprint density at radius 2 is 0.949 bits per heavy atom. The second kappa shape index (κ2) is 33.2. The van der Waals surface area contributed by atoms with Crippen molar-refractivity contribution >= 4 is 88.7 Å². The summed E-state index contributed by atoms with van der Waals surface area (Å²) in [5.41, 5.74) is 38.2. The first-order chi connectivity index (χ1) is 36.3. The SMILES string of the molecule is CC(C)C[C@H](NC(=O)[C@H](C)NC(=O)[C@@H](NC(=O)[C@H](CC(N)=O)NC(=O)[C@H](CCCCN)NC(=O)[C@H](CC(N)=O)NC(=O)[C@H](CCC(N)=O)NC(=O)[C@H](CC(N)=O)NC(=O)[C@@H]1CCCN1C(=O)[C@@H](N)CC(N)=O)C(C)C)C(=O)O. The van der Waals surface area contributed by atoms with E-state index in [9.17, 15) is 77.0 Å². The summed E-state index contributed by atoms with van der Waals surface area (Å²) in [4.78, 5) is 195. The van der Waals surface area contributed by atoms with Gasteiger partial charge in [0.2, 0.25) is 82.7 Å². The summed E-state index contributed by atoms with van der Waals surface area (Å²) in [6.45, 7) is 7.95. The molecular weight excluding hydrogens is 1030 g/mol. The van der Waals surface area contributed by atoms with E-state index < -0.39 is 194 Å². The van der Waals surface area contributed by atoms with Gasteiger partial charge in [-0.05, 0) is 70.3 Å². The van der Waals surface area contributed by atoms with Crippen LogP contribution in [0.15, 0.2) is 0 Å².